The number of piperazine rings is 1. The highest BCUT2D eigenvalue weighted by Gasteiger charge is 2.19. The van der Waals surface area contributed by atoms with Gasteiger partial charge in [0.05, 0.1) is 24.7 Å². The van der Waals surface area contributed by atoms with E-state index in [-0.39, 0.29) is 0 Å². The van der Waals surface area contributed by atoms with Gasteiger partial charge in [-0.25, -0.2) is 14.6 Å². The average Bonchev–Trinajstić information content (AvgIpc) is 3.10. The number of fused-ring (bicyclic) bond motifs is 1. The summed E-state index contributed by atoms with van der Waals surface area (Å²) in [4.78, 5) is 13.7. The Morgan fingerprint density at radius 2 is 1.89 bits per heavy atom. The lowest BCUT2D eigenvalue weighted by Gasteiger charge is -2.33. The van der Waals surface area contributed by atoms with E-state index in [1.165, 1.54) is 11.1 Å². The van der Waals surface area contributed by atoms with Gasteiger partial charge in [0.2, 0.25) is 0 Å². The molecule has 1 fully saturated rings. The van der Waals surface area contributed by atoms with E-state index in [9.17, 15) is 0 Å². The lowest BCUT2D eigenvalue weighted by Crippen LogP contribution is -2.44. The minimum Gasteiger partial charge on any atom is -0.377 e. The normalized spacial score (nSPS) is 15.6. The van der Waals surface area contributed by atoms with Gasteiger partial charge in [0, 0.05) is 32.8 Å². The topological polar surface area (TPSA) is 59.3 Å². The van der Waals surface area contributed by atoms with Gasteiger partial charge in [0.25, 0.3) is 0 Å². The van der Waals surface area contributed by atoms with E-state index >= 15 is 0 Å². The Morgan fingerprint density at radius 1 is 1.07 bits per heavy atom. The molecule has 0 spiro atoms. The fraction of sp³-hybridized carbons (Fsp3) is 0.450. The molecule has 0 bridgehead atoms. The third-order valence-corrected chi connectivity index (χ3v) is 5.01. The lowest BCUT2D eigenvalue weighted by molar-refractivity contribution is 0.134. The monoisotopic (exact) mass is 366 g/mol. The fourth-order valence-electron chi connectivity index (χ4n) is 3.48. The molecule has 0 atom stereocenters. The summed E-state index contributed by atoms with van der Waals surface area (Å²) in [5, 5.41) is 5.62. The molecule has 7 heteroatoms. The quantitative estimate of drug-likeness (QED) is 0.666. The van der Waals surface area contributed by atoms with E-state index in [1.807, 2.05) is 17.8 Å². The second-order valence-corrected chi connectivity index (χ2v) is 6.98. The SMILES string of the molecule is CCOCc1cccc(Cn2ncc3c(N4CCN(C)CC4)ncnc32)c1. The Bertz CT molecular complexity index is 900. The van der Waals surface area contributed by atoms with Gasteiger partial charge in [-0.1, -0.05) is 24.3 Å². The van der Waals surface area contributed by atoms with Gasteiger partial charge >= 0.3 is 0 Å². The molecule has 1 saturated heterocycles. The maximum absolute atomic E-state index is 5.52. The number of likely N-dealkylation sites (N-methyl/N-ethyl adjacent to an activating group) is 1. The number of rotatable bonds is 6. The number of ether oxygens (including phenoxy) is 1. The second kappa shape index (κ2) is 8.02. The molecule has 1 aliphatic rings. The highest BCUT2D eigenvalue weighted by atomic mass is 16.5. The van der Waals surface area contributed by atoms with Crippen molar-refractivity contribution in [1.82, 2.24) is 24.6 Å². The first-order valence-corrected chi connectivity index (χ1v) is 9.50. The molecular formula is C20H26N6O. The first kappa shape index (κ1) is 17.9. The molecule has 7 nitrogen and oxygen atoms in total. The number of nitrogens with zero attached hydrogens (tertiary/aromatic N) is 6. The molecule has 0 aliphatic carbocycles. The van der Waals surface area contributed by atoms with Crippen molar-refractivity contribution in [3.63, 3.8) is 0 Å². The smallest absolute Gasteiger partial charge is 0.163 e. The van der Waals surface area contributed by atoms with Crippen LogP contribution in [-0.4, -0.2) is 64.5 Å². The van der Waals surface area contributed by atoms with Crippen LogP contribution in [0.1, 0.15) is 18.1 Å². The minimum atomic E-state index is 0.639. The van der Waals surface area contributed by atoms with Crippen LogP contribution in [0.3, 0.4) is 0 Å². The average molecular weight is 366 g/mol. The number of anilines is 1. The van der Waals surface area contributed by atoms with Crippen LogP contribution in [0.4, 0.5) is 5.82 Å². The van der Waals surface area contributed by atoms with Gasteiger partial charge < -0.3 is 14.5 Å². The third-order valence-electron chi connectivity index (χ3n) is 5.01. The zero-order chi connectivity index (χ0) is 18.6. The lowest BCUT2D eigenvalue weighted by atomic mass is 10.1. The summed E-state index contributed by atoms with van der Waals surface area (Å²) >= 11 is 0. The maximum atomic E-state index is 5.52. The molecule has 27 heavy (non-hydrogen) atoms. The molecule has 3 aromatic rings. The third kappa shape index (κ3) is 3.94. The van der Waals surface area contributed by atoms with Crippen molar-refractivity contribution < 1.29 is 4.74 Å². The molecule has 0 radical (unpaired) electrons. The molecular weight excluding hydrogens is 340 g/mol. The first-order valence-electron chi connectivity index (χ1n) is 9.50. The number of hydrogen-bond donors (Lipinski definition) is 0. The summed E-state index contributed by atoms with van der Waals surface area (Å²) in [7, 11) is 2.16. The summed E-state index contributed by atoms with van der Waals surface area (Å²) in [5.41, 5.74) is 3.25. The van der Waals surface area contributed by atoms with E-state index in [4.69, 9.17) is 4.74 Å². The Labute approximate surface area is 159 Å². The Kier molecular flexibility index (Phi) is 5.31. The van der Waals surface area contributed by atoms with E-state index in [1.54, 1.807) is 6.33 Å². The van der Waals surface area contributed by atoms with Crippen LogP contribution >= 0.6 is 0 Å². The number of hydrogen-bond acceptors (Lipinski definition) is 6. The Morgan fingerprint density at radius 3 is 2.70 bits per heavy atom. The van der Waals surface area contributed by atoms with Crippen molar-refractivity contribution in [3.8, 4) is 0 Å². The fourth-order valence-corrected chi connectivity index (χ4v) is 3.48. The van der Waals surface area contributed by atoms with E-state index in [0.29, 0.717) is 13.2 Å². The van der Waals surface area contributed by atoms with E-state index in [2.05, 4.69) is 56.2 Å². The van der Waals surface area contributed by atoms with Gasteiger partial charge in [-0.3, -0.25) is 0 Å². The van der Waals surface area contributed by atoms with Crippen LogP contribution in [0, 0.1) is 0 Å². The molecule has 2 aromatic heterocycles. The van der Waals surface area contributed by atoms with Crippen LogP contribution in [0.5, 0.6) is 0 Å². The number of benzene rings is 1. The van der Waals surface area contributed by atoms with Crippen molar-refractivity contribution >= 4 is 16.9 Å². The molecule has 1 aromatic carbocycles. The minimum absolute atomic E-state index is 0.639. The summed E-state index contributed by atoms with van der Waals surface area (Å²) < 4.78 is 7.47. The highest BCUT2D eigenvalue weighted by Crippen LogP contribution is 2.24. The molecule has 4 rings (SSSR count). The highest BCUT2D eigenvalue weighted by molar-refractivity contribution is 5.86. The second-order valence-electron chi connectivity index (χ2n) is 6.98. The van der Waals surface area contributed by atoms with Gasteiger partial charge in [0.15, 0.2) is 5.65 Å². The predicted octanol–water partition coefficient (Wildman–Crippen LogP) is 2.16. The van der Waals surface area contributed by atoms with Gasteiger partial charge in [0.1, 0.15) is 12.1 Å². The van der Waals surface area contributed by atoms with Crippen LogP contribution < -0.4 is 4.90 Å². The molecule has 0 N–H and O–H groups in total. The predicted molar refractivity (Wildman–Crippen MR) is 106 cm³/mol. The van der Waals surface area contributed by atoms with Crippen LogP contribution in [0.2, 0.25) is 0 Å². The maximum Gasteiger partial charge on any atom is 0.163 e. The Hall–Kier alpha value is -2.51. The van der Waals surface area contributed by atoms with E-state index < -0.39 is 0 Å². The number of aromatic nitrogens is 4. The summed E-state index contributed by atoms with van der Waals surface area (Å²) in [5.74, 6) is 0.990. The van der Waals surface area contributed by atoms with Crippen molar-refractivity contribution in [2.75, 3.05) is 44.7 Å². The molecule has 142 valence electrons. The summed E-state index contributed by atoms with van der Waals surface area (Å²) in [6, 6.07) is 8.45. The molecule has 3 heterocycles. The van der Waals surface area contributed by atoms with Crippen molar-refractivity contribution in [3.05, 3.63) is 47.9 Å². The van der Waals surface area contributed by atoms with E-state index in [0.717, 1.165) is 49.6 Å². The largest absolute Gasteiger partial charge is 0.377 e. The molecule has 1 aliphatic heterocycles. The standard InChI is InChI=1S/C20H26N6O/c1-3-27-14-17-6-4-5-16(11-17)13-26-20-18(12-23-26)19(21-15-22-20)25-9-7-24(2)8-10-25/h4-6,11-12,15H,3,7-10,13-14H2,1-2H3. The summed E-state index contributed by atoms with van der Waals surface area (Å²) in [6.07, 6.45) is 3.55. The first-order chi connectivity index (χ1) is 13.2. The summed E-state index contributed by atoms with van der Waals surface area (Å²) in [6.45, 7) is 8.11. The van der Waals surface area contributed by atoms with Crippen LogP contribution in [-0.2, 0) is 17.9 Å². The zero-order valence-electron chi connectivity index (χ0n) is 16.0. The Balaban J connectivity index is 1.58. The van der Waals surface area contributed by atoms with Crippen molar-refractivity contribution in [1.29, 1.82) is 0 Å². The van der Waals surface area contributed by atoms with Gasteiger partial charge in [-0.2, -0.15) is 5.10 Å². The molecule has 0 amide bonds. The van der Waals surface area contributed by atoms with Crippen LogP contribution in [0.25, 0.3) is 11.0 Å². The van der Waals surface area contributed by atoms with Crippen molar-refractivity contribution in [2.45, 2.75) is 20.1 Å². The van der Waals surface area contributed by atoms with Crippen LogP contribution in [0.15, 0.2) is 36.8 Å². The van der Waals surface area contributed by atoms with Crippen molar-refractivity contribution in [2.24, 2.45) is 0 Å². The van der Waals surface area contributed by atoms with Gasteiger partial charge in [-0.15, -0.1) is 0 Å². The van der Waals surface area contributed by atoms with Gasteiger partial charge in [-0.05, 0) is 25.1 Å². The molecule has 0 unspecified atom stereocenters. The molecule has 0 saturated carbocycles. The zero-order valence-corrected chi connectivity index (χ0v) is 16.0.